The molecule has 1 N–H and O–H groups in total. The molecule has 0 saturated carbocycles. The maximum atomic E-state index is 10.9. The second kappa shape index (κ2) is 3.77. The molecule has 1 aromatic rings. The zero-order valence-corrected chi connectivity index (χ0v) is 8.20. The van der Waals surface area contributed by atoms with E-state index in [-0.39, 0.29) is 0 Å². The van der Waals surface area contributed by atoms with Crippen LogP contribution in [0.5, 0.6) is 5.75 Å². The Morgan fingerprint density at radius 3 is 2.38 bits per heavy atom. The van der Waals surface area contributed by atoms with E-state index in [4.69, 9.17) is 9.42 Å². The van der Waals surface area contributed by atoms with Gasteiger partial charge >= 0.3 is 7.60 Å². The van der Waals surface area contributed by atoms with Gasteiger partial charge in [0.2, 0.25) is 0 Å². The van der Waals surface area contributed by atoms with Crippen LogP contribution in [0.25, 0.3) is 6.08 Å². The highest BCUT2D eigenvalue weighted by Crippen LogP contribution is 2.37. The molecule has 0 aliphatic heterocycles. The van der Waals surface area contributed by atoms with E-state index in [0.29, 0.717) is 5.75 Å². The average molecular weight is 198 g/mol. The molecule has 0 heterocycles. The summed E-state index contributed by atoms with van der Waals surface area (Å²) in [5, 5.41) is 0. The zero-order chi connectivity index (χ0) is 9.90. The first kappa shape index (κ1) is 10.0. The summed E-state index contributed by atoms with van der Waals surface area (Å²) in [6, 6.07) is 6.78. The van der Waals surface area contributed by atoms with Crippen molar-refractivity contribution in [2.75, 3.05) is 6.66 Å². The summed E-state index contributed by atoms with van der Waals surface area (Å²) in [6.45, 7) is 4.74. The molecule has 0 aliphatic carbocycles. The molecule has 0 radical (unpaired) electrons. The molecule has 1 aromatic carbocycles. The molecule has 0 bridgehead atoms. The van der Waals surface area contributed by atoms with Crippen molar-refractivity contribution in [3.05, 3.63) is 36.4 Å². The first-order chi connectivity index (χ1) is 6.01. The van der Waals surface area contributed by atoms with E-state index in [1.165, 1.54) is 0 Å². The second-order valence-corrected chi connectivity index (χ2v) is 4.46. The highest BCUT2D eigenvalue weighted by atomic mass is 31.2. The lowest BCUT2D eigenvalue weighted by molar-refractivity contribution is 0.387. The fourth-order valence-corrected chi connectivity index (χ4v) is 1.37. The third kappa shape index (κ3) is 3.45. The second-order valence-electron chi connectivity index (χ2n) is 2.67. The summed E-state index contributed by atoms with van der Waals surface area (Å²) in [5.74, 6) is 0.388. The van der Waals surface area contributed by atoms with E-state index in [1.54, 1.807) is 30.3 Å². The van der Waals surface area contributed by atoms with Gasteiger partial charge in [-0.25, -0.2) is 4.57 Å². The van der Waals surface area contributed by atoms with Crippen molar-refractivity contribution in [1.29, 1.82) is 0 Å². The third-order valence-corrected chi connectivity index (χ3v) is 1.94. The van der Waals surface area contributed by atoms with Gasteiger partial charge in [0.05, 0.1) is 0 Å². The summed E-state index contributed by atoms with van der Waals surface area (Å²) in [4.78, 5) is 8.91. The van der Waals surface area contributed by atoms with Gasteiger partial charge in [-0.2, -0.15) is 0 Å². The van der Waals surface area contributed by atoms with Gasteiger partial charge in [0.25, 0.3) is 0 Å². The smallest absolute Gasteiger partial charge is 0.373 e. The van der Waals surface area contributed by atoms with Gasteiger partial charge in [0, 0.05) is 6.66 Å². The minimum Gasteiger partial charge on any atom is -0.425 e. The monoisotopic (exact) mass is 198 g/mol. The topological polar surface area (TPSA) is 46.5 Å². The number of rotatable bonds is 3. The number of hydrogen-bond acceptors (Lipinski definition) is 2. The number of hydrogen-bond donors (Lipinski definition) is 1. The molecular formula is C9H11O3P. The first-order valence-corrected chi connectivity index (χ1v) is 5.76. The Bertz CT molecular complexity index is 336. The first-order valence-electron chi connectivity index (χ1n) is 3.73. The van der Waals surface area contributed by atoms with Crippen LogP contribution >= 0.6 is 7.60 Å². The molecule has 70 valence electrons. The van der Waals surface area contributed by atoms with Crippen LogP contribution in [0.1, 0.15) is 5.56 Å². The molecule has 1 unspecified atom stereocenters. The molecule has 0 fully saturated rings. The molecule has 13 heavy (non-hydrogen) atoms. The quantitative estimate of drug-likeness (QED) is 0.759. The fourth-order valence-electron chi connectivity index (χ4n) is 0.860. The highest BCUT2D eigenvalue weighted by Gasteiger charge is 2.10. The molecule has 0 aromatic heterocycles. The van der Waals surface area contributed by atoms with Crippen LogP contribution < -0.4 is 4.52 Å². The maximum absolute atomic E-state index is 10.9. The van der Waals surface area contributed by atoms with Crippen LogP contribution in [0, 0.1) is 0 Å². The van der Waals surface area contributed by atoms with E-state index in [1.807, 2.05) is 0 Å². The predicted octanol–water partition coefficient (Wildman–Crippen LogP) is 2.52. The Hall–Kier alpha value is -1.05. The number of benzene rings is 1. The summed E-state index contributed by atoms with van der Waals surface area (Å²) in [5.41, 5.74) is 0.941. The molecule has 1 atom stereocenters. The van der Waals surface area contributed by atoms with E-state index >= 15 is 0 Å². The highest BCUT2D eigenvalue weighted by molar-refractivity contribution is 7.52. The largest absolute Gasteiger partial charge is 0.425 e. The normalized spacial score (nSPS) is 14.6. The molecule has 3 nitrogen and oxygen atoms in total. The van der Waals surface area contributed by atoms with E-state index in [2.05, 4.69) is 6.58 Å². The third-order valence-electron chi connectivity index (χ3n) is 1.39. The standard InChI is InChI=1S/C9H11O3P/c1-3-8-4-6-9(7-5-8)12-13(2,10)11/h3-7H,1H2,2H3,(H,10,11). The Labute approximate surface area is 77.2 Å². The lowest BCUT2D eigenvalue weighted by atomic mass is 10.2. The molecular weight excluding hydrogens is 187 g/mol. The molecule has 0 saturated heterocycles. The van der Waals surface area contributed by atoms with Crippen LogP contribution in [0.15, 0.2) is 30.8 Å². The van der Waals surface area contributed by atoms with Gasteiger partial charge in [-0.05, 0) is 17.7 Å². The summed E-state index contributed by atoms with van der Waals surface area (Å²) in [6.07, 6.45) is 1.69. The van der Waals surface area contributed by atoms with Crippen molar-refractivity contribution < 1.29 is 14.0 Å². The Balaban J connectivity index is 2.81. The van der Waals surface area contributed by atoms with Crippen LogP contribution in [-0.2, 0) is 4.57 Å². The molecule has 4 heteroatoms. The van der Waals surface area contributed by atoms with E-state index < -0.39 is 7.60 Å². The van der Waals surface area contributed by atoms with Crippen LogP contribution in [-0.4, -0.2) is 11.6 Å². The summed E-state index contributed by atoms with van der Waals surface area (Å²) < 4.78 is 15.6. The van der Waals surface area contributed by atoms with E-state index in [9.17, 15) is 4.57 Å². The van der Waals surface area contributed by atoms with Crippen molar-refractivity contribution in [2.45, 2.75) is 0 Å². The molecule has 0 amide bonds. The summed E-state index contributed by atoms with van der Waals surface area (Å²) >= 11 is 0. The average Bonchev–Trinajstić information content (AvgIpc) is 2.03. The van der Waals surface area contributed by atoms with Crippen molar-refractivity contribution in [2.24, 2.45) is 0 Å². The lowest BCUT2D eigenvalue weighted by Crippen LogP contribution is -1.88. The van der Waals surface area contributed by atoms with Gasteiger partial charge < -0.3 is 9.42 Å². The van der Waals surface area contributed by atoms with Crippen LogP contribution in [0.4, 0.5) is 0 Å². The molecule has 1 rings (SSSR count). The Morgan fingerprint density at radius 2 is 2.00 bits per heavy atom. The van der Waals surface area contributed by atoms with Crippen molar-refractivity contribution in [3.8, 4) is 5.75 Å². The molecule has 0 aliphatic rings. The van der Waals surface area contributed by atoms with Gasteiger partial charge in [0.1, 0.15) is 5.75 Å². The van der Waals surface area contributed by atoms with Crippen molar-refractivity contribution >= 4 is 13.7 Å². The lowest BCUT2D eigenvalue weighted by Gasteiger charge is -2.07. The van der Waals surface area contributed by atoms with Gasteiger partial charge in [-0.15, -0.1) is 0 Å². The minimum atomic E-state index is -3.44. The summed E-state index contributed by atoms with van der Waals surface area (Å²) in [7, 11) is -3.44. The van der Waals surface area contributed by atoms with Crippen molar-refractivity contribution in [1.82, 2.24) is 0 Å². The van der Waals surface area contributed by atoms with Crippen LogP contribution in [0.3, 0.4) is 0 Å². The fraction of sp³-hybridized carbons (Fsp3) is 0.111. The van der Waals surface area contributed by atoms with E-state index in [0.717, 1.165) is 12.2 Å². The van der Waals surface area contributed by atoms with Gasteiger partial charge in [0.15, 0.2) is 0 Å². The zero-order valence-electron chi connectivity index (χ0n) is 7.30. The predicted molar refractivity (Wildman–Crippen MR) is 52.9 cm³/mol. The van der Waals surface area contributed by atoms with Crippen molar-refractivity contribution in [3.63, 3.8) is 0 Å². The minimum absolute atomic E-state index is 0.388. The SMILES string of the molecule is C=Cc1ccc(OP(C)(=O)O)cc1. The van der Waals surface area contributed by atoms with Gasteiger partial charge in [-0.1, -0.05) is 24.8 Å². The molecule has 0 spiro atoms. The Morgan fingerprint density at radius 1 is 1.46 bits per heavy atom. The van der Waals surface area contributed by atoms with Gasteiger partial charge in [-0.3, -0.25) is 0 Å². The maximum Gasteiger partial charge on any atom is 0.373 e. The Kier molecular flexibility index (Phi) is 2.91. The van der Waals surface area contributed by atoms with Crippen LogP contribution in [0.2, 0.25) is 0 Å².